The highest BCUT2D eigenvalue weighted by molar-refractivity contribution is 8.00. The predicted octanol–water partition coefficient (Wildman–Crippen LogP) is 5.52. The zero-order valence-corrected chi connectivity index (χ0v) is 19.6. The number of carbonyl (C=O) groups excluding carboxylic acids is 1. The van der Waals surface area contributed by atoms with E-state index in [1.165, 1.54) is 17.3 Å². The summed E-state index contributed by atoms with van der Waals surface area (Å²) in [5.74, 6) is 1.93. The first-order valence-electron chi connectivity index (χ1n) is 10.9. The van der Waals surface area contributed by atoms with E-state index in [0.29, 0.717) is 5.75 Å². The number of nitrogens with one attached hydrogen (secondary N) is 1. The van der Waals surface area contributed by atoms with Gasteiger partial charge >= 0.3 is 0 Å². The van der Waals surface area contributed by atoms with Crippen molar-refractivity contribution in [3.63, 3.8) is 0 Å². The summed E-state index contributed by atoms with van der Waals surface area (Å²) in [6, 6.07) is 12.1. The van der Waals surface area contributed by atoms with Crippen LogP contribution < -0.4 is 10.2 Å². The van der Waals surface area contributed by atoms with Crippen molar-refractivity contribution in [2.45, 2.75) is 45.6 Å². The fourth-order valence-corrected chi connectivity index (χ4v) is 4.99. The third kappa shape index (κ3) is 5.01. The van der Waals surface area contributed by atoms with Crippen LogP contribution in [0.4, 0.5) is 11.5 Å². The third-order valence-electron chi connectivity index (χ3n) is 5.89. The molecule has 2 heterocycles. The number of fused-ring (bicyclic) bond motifs is 1. The number of carbonyl (C=O) groups is 1. The fraction of sp³-hybridized carbons (Fsp3) is 0.400. The summed E-state index contributed by atoms with van der Waals surface area (Å²) in [6.07, 6.45) is 2.32. The van der Waals surface area contributed by atoms with Gasteiger partial charge in [0.15, 0.2) is 5.82 Å². The van der Waals surface area contributed by atoms with Crippen LogP contribution in [0.25, 0.3) is 11.0 Å². The summed E-state index contributed by atoms with van der Waals surface area (Å²) in [6.45, 7) is 10.4. The first kappa shape index (κ1) is 21.6. The molecule has 3 aromatic rings. The van der Waals surface area contributed by atoms with Gasteiger partial charge in [0.2, 0.25) is 5.91 Å². The largest absolute Gasteiger partial charge is 0.354 e. The molecule has 1 aliphatic heterocycles. The van der Waals surface area contributed by atoms with Crippen molar-refractivity contribution in [1.29, 1.82) is 0 Å². The Bertz CT molecular complexity index is 1080. The van der Waals surface area contributed by atoms with Crippen LogP contribution in [0, 0.1) is 26.7 Å². The van der Waals surface area contributed by atoms with Crippen LogP contribution in [0.1, 0.15) is 36.5 Å². The fourth-order valence-electron chi connectivity index (χ4n) is 4.18. The van der Waals surface area contributed by atoms with Gasteiger partial charge in [0.25, 0.3) is 0 Å². The maximum atomic E-state index is 12.8. The summed E-state index contributed by atoms with van der Waals surface area (Å²) >= 11 is 1.47. The molecule has 1 N–H and O–H groups in total. The van der Waals surface area contributed by atoms with Crippen LogP contribution in [0.5, 0.6) is 0 Å². The molecule has 4 rings (SSSR count). The van der Waals surface area contributed by atoms with E-state index in [9.17, 15) is 4.79 Å². The van der Waals surface area contributed by atoms with Crippen LogP contribution >= 0.6 is 11.8 Å². The normalized spacial score (nSPS) is 14.8. The molecular formula is C25H30N4OS. The first-order chi connectivity index (χ1) is 14.9. The highest BCUT2D eigenvalue weighted by atomic mass is 32.2. The number of anilines is 2. The zero-order chi connectivity index (χ0) is 22.0. The number of aromatic nitrogens is 2. The SMILES string of the molecule is Cc1cc(C)c(NC(=O)CSc2nc3ccccc3nc2N2CCC(C)CC2)c(C)c1. The Morgan fingerprint density at radius 1 is 1.06 bits per heavy atom. The molecule has 0 unspecified atom stereocenters. The van der Waals surface area contributed by atoms with E-state index in [1.807, 2.05) is 38.1 Å². The van der Waals surface area contributed by atoms with Gasteiger partial charge in [0.05, 0.1) is 16.8 Å². The first-order valence-corrected chi connectivity index (χ1v) is 11.9. The molecule has 1 amide bonds. The third-order valence-corrected chi connectivity index (χ3v) is 6.84. The molecule has 31 heavy (non-hydrogen) atoms. The van der Waals surface area contributed by atoms with E-state index in [0.717, 1.165) is 70.5 Å². The van der Waals surface area contributed by atoms with E-state index >= 15 is 0 Å². The molecule has 1 saturated heterocycles. The number of para-hydroxylation sites is 2. The average Bonchev–Trinajstić information content (AvgIpc) is 2.74. The number of rotatable bonds is 5. The van der Waals surface area contributed by atoms with Crippen LogP contribution in [-0.2, 0) is 4.79 Å². The second kappa shape index (κ2) is 9.27. The topological polar surface area (TPSA) is 58.1 Å². The summed E-state index contributed by atoms with van der Waals surface area (Å²) in [5.41, 5.74) is 6.05. The Morgan fingerprint density at radius 2 is 1.68 bits per heavy atom. The van der Waals surface area contributed by atoms with Crippen molar-refractivity contribution in [2.24, 2.45) is 5.92 Å². The minimum atomic E-state index is -0.0202. The molecule has 0 spiro atoms. The molecule has 6 heteroatoms. The van der Waals surface area contributed by atoms with Gasteiger partial charge in [0, 0.05) is 18.8 Å². The van der Waals surface area contributed by atoms with Gasteiger partial charge in [-0.05, 0) is 62.8 Å². The summed E-state index contributed by atoms with van der Waals surface area (Å²) < 4.78 is 0. The van der Waals surface area contributed by atoms with Gasteiger partial charge in [-0.1, -0.05) is 48.5 Å². The van der Waals surface area contributed by atoms with Crippen molar-refractivity contribution < 1.29 is 4.79 Å². The Kier molecular flexibility index (Phi) is 6.46. The van der Waals surface area contributed by atoms with Crippen molar-refractivity contribution in [1.82, 2.24) is 9.97 Å². The van der Waals surface area contributed by atoms with Crippen LogP contribution in [0.3, 0.4) is 0 Å². The molecular weight excluding hydrogens is 404 g/mol. The lowest BCUT2D eigenvalue weighted by Crippen LogP contribution is -2.34. The minimum absolute atomic E-state index is 0.0202. The van der Waals surface area contributed by atoms with Crippen molar-refractivity contribution >= 4 is 40.2 Å². The monoisotopic (exact) mass is 434 g/mol. The number of amides is 1. The molecule has 1 aromatic heterocycles. The zero-order valence-electron chi connectivity index (χ0n) is 18.7. The molecule has 1 aliphatic rings. The number of piperidine rings is 1. The van der Waals surface area contributed by atoms with Gasteiger partial charge < -0.3 is 10.2 Å². The lowest BCUT2D eigenvalue weighted by Gasteiger charge is -2.32. The number of nitrogens with zero attached hydrogens (tertiary/aromatic N) is 3. The summed E-state index contributed by atoms with van der Waals surface area (Å²) in [5, 5.41) is 3.93. The number of hydrogen-bond acceptors (Lipinski definition) is 5. The molecule has 1 fully saturated rings. The maximum Gasteiger partial charge on any atom is 0.234 e. The predicted molar refractivity (Wildman–Crippen MR) is 130 cm³/mol. The number of benzene rings is 2. The molecule has 2 aromatic carbocycles. The van der Waals surface area contributed by atoms with Gasteiger partial charge in [0.1, 0.15) is 5.03 Å². The maximum absolute atomic E-state index is 12.8. The standard InChI is InChI=1S/C25H30N4OS/c1-16-9-11-29(12-10-16)24-25(27-21-8-6-5-7-20(21)26-24)31-15-22(30)28-23-18(3)13-17(2)14-19(23)4/h5-8,13-14,16H,9-12,15H2,1-4H3,(H,28,30). The summed E-state index contributed by atoms with van der Waals surface area (Å²) in [4.78, 5) is 24.9. The van der Waals surface area contributed by atoms with Crippen molar-refractivity contribution in [3.8, 4) is 0 Å². The Hall–Kier alpha value is -2.60. The van der Waals surface area contributed by atoms with Gasteiger partial charge in [-0.25, -0.2) is 9.97 Å². The smallest absolute Gasteiger partial charge is 0.234 e. The van der Waals surface area contributed by atoms with E-state index in [1.54, 1.807) is 0 Å². The number of thioether (sulfide) groups is 1. The van der Waals surface area contributed by atoms with Gasteiger partial charge in [-0.2, -0.15) is 0 Å². The lowest BCUT2D eigenvalue weighted by atomic mass is 9.99. The van der Waals surface area contributed by atoms with Crippen LogP contribution in [0.15, 0.2) is 41.4 Å². The molecule has 162 valence electrons. The molecule has 0 atom stereocenters. The highest BCUT2D eigenvalue weighted by Crippen LogP contribution is 2.32. The van der Waals surface area contributed by atoms with Gasteiger partial charge in [-0.3, -0.25) is 4.79 Å². The second-order valence-electron chi connectivity index (χ2n) is 8.62. The van der Waals surface area contributed by atoms with Crippen molar-refractivity contribution in [3.05, 3.63) is 53.1 Å². The molecule has 0 saturated carbocycles. The molecule has 0 aliphatic carbocycles. The van der Waals surface area contributed by atoms with E-state index < -0.39 is 0 Å². The molecule has 0 radical (unpaired) electrons. The average molecular weight is 435 g/mol. The number of hydrogen-bond donors (Lipinski definition) is 1. The Morgan fingerprint density at radius 3 is 2.32 bits per heavy atom. The molecule has 0 bridgehead atoms. The lowest BCUT2D eigenvalue weighted by molar-refractivity contribution is -0.113. The second-order valence-corrected chi connectivity index (χ2v) is 9.59. The van der Waals surface area contributed by atoms with Crippen LogP contribution in [0.2, 0.25) is 0 Å². The Labute approximate surface area is 188 Å². The minimum Gasteiger partial charge on any atom is -0.354 e. The van der Waals surface area contributed by atoms with Crippen LogP contribution in [-0.4, -0.2) is 34.7 Å². The van der Waals surface area contributed by atoms with Crippen molar-refractivity contribution in [2.75, 3.05) is 29.1 Å². The van der Waals surface area contributed by atoms with E-state index in [-0.39, 0.29) is 5.91 Å². The molecule has 5 nitrogen and oxygen atoms in total. The van der Waals surface area contributed by atoms with Gasteiger partial charge in [-0.15, -0.1) is 0 Å². The van der Waals surface area contributed by atoms with E-state index in [4.69, 9.17) is 9.97 Å². The Balaban J connectivity index is 1.54. The summed E-state index contributed by atoms with van der Waals surface area (Å²) in [7, 11) is 0. The number of aryl methyl sites for hydroxylation is 3. The highest BCUT2D eigenvalue weighted by Gasteiger charge is 2.22. The quantitative estimate of drug-likeness (QED) is 0.536. The van der Waals surface area contributed by atoms with E-state index in [2.05, 4.69) is 36.2 Å².